The predicted octanol–water partition coefficient (Wildman–Crippen LogP) is 2.94. The second kappa shape index (κ2) is 6.83. The molecule has 0 amide bonds. The molecule has 0 saturated carbocycles. The molecule has 0 radical (unpaired) electrons. The Hall–Kier alpha value is -6.41. The Balaban J connectivity index is 2.67. The fraction of sp³-hybridized carbons (Fsp3) is 0.0417. The van der Waals surface area contributed by atoms with E-state index >= 15 is 0 Å². The van der Waals surface area contributed by atoms with Gasteiger partial charge in [-0.2, -0.15) is 47.4 Å². The second-order valence-electron chi connectivity index (χ2n) is 6.78. The molecule has 9 heteroatoms. The molecule has 0 bridgehead atoms. The summed E-state index contributed by atoms with van der Waals surface area (Å²) in [5.74, 6) is -1.31. The molecule has 0 heterocycles. The van der Waals surface area contributed by atoms with Gasteiger partial charge < -0.3 is 0 Å². The summed E-state index contributed by atoms with van der Waals surface area (Å²) < 4.78 is 0. The van der Waals surface area contributed by atoms with Crippen molar-refractivity contribution in [3.63, 3.8) is 0 Å². The van der Waals surface area contributed by atoms with Crippen molar-refractivity contribution in [1.29, 1.82) is 47.4 Å². The first-order valence-electron chi connectivity index (χ1n) is 8.88. The smallest absolute Gasteiger partial charge is 0.102 e. The lowest BCUT2D eigenvalue weighted by Gasteiger charge is -2.14. The van der Waals surface area contributed by atoms with Crippen molar-refractivity contribution < 1.29 is 0 Å². The van der Waals surface area contributed by atoms with E-state index in [1.54, 1.807) is 12.1 Å². The number of benzene rings is 3. The van der Waals surface area contributed by atoms with Crippen molar-refractivity contribution in [2.75, 3.05) is 0 Å². The van der Waals surface area contributed by atoms with E-state index in [9.17, 15) is 47.4 Å². The highest BCUT2D eigenvalue weighted by atomic mass is 14.5. The Morgan fingerprint density at radius 3 is 0.848 bits per heavy atom. The molecule has 0 saturated heterocycles. The van der Waals surface area contributed by atoms with Crippen LogP contribution in [0.5, 0.6) is 0 Å². The molecule has 0 aliphatic heterocycles. The zero-order valence-electron chi connectivity index (χ0n) is 16.1. The predicted molar refractivity (Wildman–Crippen MR) is 107 cm³/mol. The zero-order chi connectivity index (χ0) is 24.0. The summed E-state index contributed by atoms with van der Waals surface area (Å²) >= 11 is 0. The summed E-state index contributed by atoms with van der Waals surface area (Å²) in [5, 5.41) is 88.5. The Kier molecular flexibility index (Phi) is 4.12. The molecule has 3 aromatic rings. The fourth-order valence-electron chi connectivity index (χ4n) is 4.56. The van der Waals surface area contributed by atoms with E-state index in [-0.39, 0.29) is 77.2 Å². The molecule has 4 rings (SSSR count). The van der Waals surface area contributed by atoms with E-state index in [4.69, 9.17) is 0 Å². The molecule has 33 heavy (non-hydrogen) atoms. The maximum Gasteiger partial charge on any atom is 0.102 e. The van der Waals surface area contributed by atoms with Crippen LogP contribution < -0.4 is 0 Å². The van der Waals surface area contributed by atoms with Crippen molar-refractivity contribution in [2.45, 2.75) is 5.92 Å². The Morgan fingerprint density at radius 1 is 0.333 bits per heavy atom. The molecule has 0 spiro atoms. The van der Waals surface area contributed by atoms with E-state index < -0.39 is 5.92 Å². The van der Waals surface area contributed by atoms with Crippen LogP contribution in [0.3, 0.4) is 0 Å². The van der Waals surface area contributed by atoms with Crippen LogP contribution in [0, 0.1) is 102 Å². The molecule has 0 unspecified atom stereocenters. The minimum absolute atomic E-state index is 0.00187. The molecule has 9 nitrogen and oxygen atoms in total. The number of hydrogen-bond donors (Lipinski definition) is 0. The van der Waals surface area contributed by atoms with E-state index in [0.717, 1.165) is 0 Å². The second-order valence-corrected chi connectivity index (χ2v) is 6.78. The third-order valence-electron chi connectivity index (χ3n) is 5.68. The normalized spacial score (nSPS) is 10.6. The van der Waals surface area contributed by atoms with Crippen LogP contribution in [0.25, 0.3) is 21.5 Å². The van der Waals surface area contributed by atoms with Gasteiger partial charge in [-0.1, -0.05) is 0 Å². The van der Waals surface area contributed by atoms with Crippen molar-refractivity contribution in [2.24, 2.45) is 0 Å². The van der Waals surface area contributed by atoms with Gasteiger partial charge in [-0.25, -0.2) is 0 Å². The average molecular weight is 415 g/mol. The van der Waals surface area contributed by atoms with Gasteiger partial charge in [0, 0.05) is 21.9 Å². The van der Waals surface area contributed by atoms with Crippen LogP contribution in [-0.2, 0) is 0 Å². The molecule has 142 valence electrons. The summed E-state index contributed by atoms with van der Waals surface area (Å²) in [7, 11) is 0. The first kappa shape index (κ1) is 19.9. The highest BCUT2D eigenvalue weighted by Gasteiger charge is 2.40. The molecule has 0 aromatic heterocycles. The fourth-order valence-corrected chi connectivity index (χ4v) is 4.56. The summed E-state index contributed by atoms with van der Waals surface area (Å²) in [6, 6.07) is 16.5. The summed E-state index contributed by atoms with van der Waals surface area (Å²) in [6.45, 7) is 0. The van der Waals surface area contributed by atoms with Crippen LogP contribution in [0.2, 0.25) is 0 Å². The minimum atomic E-state index is -1.31. The minimum Gasteiger partial charge on any atom is -0.197 e. The highest BCUT2D eigenvalue weighted by molar-refractivity contribution is 6.23. The Bertz CT molecular complexity index is 1780. The van der Waals surface area contributed by atoms with Crippen molar-refractivity contribution in [1.82, 2.24) is 0 Å². The van der Waals surface area contributed by atoms with Gasteiger partial charge in [0.05, 0.1) is 50.6 Å². The van der Waals surface area contributed by atoms with Crippen LogP contribution in [0.15, 0.2) is 0 Å². The molecule has 0 N–H and O–H groups in total. The molecule has 0 atom stereocenters. The summed E-state index contributed by atoms with van der Waals surface area (Å²) in [4.78, 5) is 0. The van der Waals surface area contributed by atoms with Crippen LogP contribution in [0.4, 0.5) is 0 Å². The maximum absolute atomic E-state index is 10.0. The first-order chi connectivity index (χ1) is 16.0. The van der Waals surface area contributed by atoms with E-state index in [1.807, 2.05) is 42.5 Å². The molecule has 1 aliphatic carbocycles. The number of nitrogens with zero attached hydrogens (tertiary/aromatic N) is 9. The highest BCUT2D eigenvalue weighted by Crippen LogP contribution is 2.53. The standard InChI is InChI=1S/C24HN9/c25-1-10-12(3-27)19-16(7-31)17(8-32)20-13(4-28)11(2-26)15(6-30)22-18(9-33)21(14(10)5-29)23(19)24(20)22/h18H. The number of hydrogen-bond acceptors (Lipinski definition) is 9. The van der Waals surface area contributed by atoms with E-state index in [1.165, 1.54) is 0 Å². The van der Waals surface area contributed by atoms with Gasteiger partial charge in [0.15, 0.2) is 0 Å². The lowest BCUT2D eigenvalue weighted by Crippen LogP contribution is -2.04. The van der Waals surface area contributed by atoms with Crippen molar-refractivity contribution in [3.8, 4) is 54.6 Å². The van der Waals surface area contributed by atoms with Crippen LogP contribution >= 0.6 is 0 Å². The van der Waals surface area contributed by atoms with Crippen molar-refractivity contribution >= 4 is 21.5 Å². The lowest BCUT2D eigenvalue weighted by molar-refractivity contribution is 1.07. The SMILES string of the molecule is N#Cc1c(C#N)c2c3c(c1C#N)c(C#N)c(C#N)c1c(C#N)c(C#N)c(C#N)c(c13)C2C#N. The van der Waals surface area contributed by atoms with Gasteiger partial charge in [-0.05, 0) is 10.8 Å². The summed E-state index contributed by atoms with van der Waals surface area (Å²) in [5.41, 5.74) is -2.59. The molecule has 0 fully saturated rings. The van der Waals surface area contributed by atoms with Crippen LogP contribution in [0.1, 0.15) is 61.6 Å². The van der Waals surface area contributed by atoms with Gasteiger partial charge in [0.1, 0.15) is 54.5 Å². The third-order valence-corrected chi connectivity index (χ3v) is 5.68. The zero-order valence-corrected chi connectivity index (χ0v) is 16.1. The monoisotopic (exact) mass is 415 g/mol. The Labute approximate surface area is 185 Å². The third kappa shape index (κ3) is 2.04. The van der Waals surface area contributed by atoms with Gasteiger partial charge in [-0.15, -0.1) is 0 Å². The van der Waals surface area contributed by atoms with Gasteiger partial charge in [0.2, 0.25) is 0 Å². The van der Waals surface area contributed by atoms with Gasteiger partial charge in [0.25, 0.3) is 0 Å². The largest absolute Gasteiger partial charge is 0.197 e. The quantitative estimate of drug-likeness (QED) is 0.492. The number of nitriles is 9. The Morgan fingerprint density at radius 2 is 0.606 bits per heavy atom. The average Bonchev–Trinajstić information content (AvgIpc) is 3.19. The summed E-state index contributed by atoms with van der Waals surface area (Å²) in [6.07, 6.45) is 0. The first-order valence-corrected chi connectivity index (χ1v) is 8.88. The van der Waals surface area contributed by atoms with E-state index in [2.05, 4.69) is 0 Å². The molecular formula is C24HN9. The van der Waals surface area contributed by atoms with Crippen molar-refractivity contribution in [3.05, 3.63) is 55.6 Å². The molecule has 1 aliphatic rings. The lowest BCUT2D eigenvalue weighted by atomic mass is 9.83. The molecule has 3 aromatic carbocycles. The van der Waals surface area contributed by atoms with Crippen LogP contribution in [-0.4, -0.2) is 0 Å². The van der Waals surface area contributed by atoms with E-state index in [0.29, 0.717) is 0 Å². The topological polar surface area (TPSA) is 214 Å². The van der Waals surface area contributed by atoms with Gasteiger partial charge in [-0.3, -0.25) is 0 Å². The number of rotatable bonds is 0. The van der Waals surface area contributed by atoms with Gasteiger partial charge >= 0.3 is 0 Å². The maximum atomic E-state index is 10.0. The molecular weight excluding hydrogens is 414 g/mol.